The highest BCUT2D eigenvalue weighted by molar-refractivity contribution is 7.99. The number of thioether (sulfide) groups is 1. The normalized spacial score (nSPS) is 20.2. The molecule has 0 radical (unpaired) electrons. The van der Waals surface area contributed by atoms with Crippen molar-refractivity contribution in [1.82, 2.24) is 9.97 Å². The molecule has 1 atom stereocenters. The number of nitrogens with zero attached hydrogens (tertiary/aromatic N) is 2. The van der Waals surface area contributed by atoms with Crippen LogP contribution in [0.25, 0.3) is 0 Å². The lowest BCUT2D eigenvalue weighted by Gasteiger charge is -2.10. The Balaban J connectivity index is 1.86. The topological polar surface area (TPSA) is 49.8 Å². The molecule has 82 valence electrons. The molecule has 0 saturated carbocycles. The maximum atomic E-state index is 4.31. The first kappa shape index (κ1) is 10.5. The molecule has 0 aliphatic carbocycles. The first-order chi connectivity index (χ1) is 7.38. The highest BCUT2D eigenvalue weighted by Crippen LogP contribution is 2.23. The molecule has 5 heteroatoms. The minimum atomic E-state index is 0.667. The number of hydrogen-bond acceptors (Lipinski definition) is 5. The molecule has 0 spiro atoms. The molecule has 1 aromatic heterocycles. The van der Waals surface area contributed by atoms with Gasteiger partial charge in [0.25, 0.3) is 0 Å². The van der Waals surface area contributed by atoms with Crippen molar-refractivity contribution in [3.8, 4) is 0 Å². The lowest BCUT2D eigenvalue weighted by atomic mass is 10.1. The van der Waals surface area contributed by atoms with E-state index < -0.39 is 0 Å². The minimum absolute atomic E-state index is 0.667. The van der Waals surface area contributed by atoms with E-state index in [0.29, 0.717) is 5.95 Å². The van der Waals surface area contributed by atoms with E-state index in [0.717, 1.165) is 18.3 Å². The minimum Gasteiger partial charge on any atom is -0.370 e. The Kier molecular flexibility index (Phi) is 3.66. The lowest BCUT2D eigenvalue weighted by Crippen LogP contribution is -2.14. The Hall–Kier alpha value is -0.970. The smallest absolute Gasteiger partial charge is 0.224 e. The second-order valence-corrected chi connectivity index (χ2v) is 4.78. The number of hydrogen-bond donors (Lipinski definition) is 2. The quantitative estimate of drug-likeness (QED) is 0.815. The zero-order valence-electron chi connectivity index (χ0n) is 8.86. The SMILES string of the molecule is CNc1nccc(NCC2CCSC2)n1. The second-order valence-electron chi connectivity index (χ2n) is 3.63. The van der Waals surface area contributed by atoms with Gasteiger partial charge in [0.15, 0.2) is 0 Å². The van der Waals surface area contributed by atoms with Crippen LogP contribution < -0.4 is 10.6 Å². The van der Waals surface area contributed by atoms with Gasteiger partial charge in [-0.2, -0.15) is 16.7 Å². The summed E-state index contributed by atoms with van der Waals surface area (Å²) >= 11 is 2.04. The predicted octanol–water partition coefficient (Wildman–Crippen LogP) is 1.68. The van der Waals surface area contributed by atoms with Crippen molar-refractivity contribution in [3.05, 3.63) is 12.3 Å². The van der Waals surface area contributed by atoms with Crippen LogP contribution in [0.2, 0.25) is 0 Å². The molecule has 2 heterocycles. The van der Waals surface area contributed by atoms with Gasteiger partial charge < -0.3 is 10.6 Å². The molecule has 0 amide bonds. The van der Waals surface area contributed by atoms with Gasteiger partial charge in [0.2, 0.25) is 5.95 Å². The summed E-state index contributed by atoms with van der Waals surface area (Å²) in [5.41, 5.74) is 0. The number of aromatic nitrogens is 2. The fraction of sp³-hybridized carbons (Fsp3) is 0.600. The molecule has 4 nitrogen and oxygen atoms in total. The lowest BCUT2D eigenvalue weighted by molar-refractivity contribution is 0.630. The molecule has 0 aromatic carbocycles. The highest BCUT2D eigenvalue weighted by Gasteiger charge is 2.14. The standard InChI is InChI=1S/C10H16N4S/c1-11-10-12-4-2-9(14-10)13-6-8-3-5-15-7-8/h2,4,8H,3,5-7H2,1H3,(H2,11,12,13,14). The van der Waals surface area contributed by atoms with Gasteiger partial charge in [0.1, 0.15) is 5.82 Å². The van der Waals surface area contributed by atoms with Crippen molar-refractivity contribution in [2.24, 2.45) is 5.92 Å². The Morgan fingerprint density at radius 3 is 3.27 bits per heavy atom. The van der Waals surface area contributed by atoms with Gasteiger partial charge in [0, 0.05) is 19.8 Å². The largest absolute Gasteiger partial charge is 0.370 e. The van der Waals surface area contributed by atoms with E-state index in [1.807, 2.05) is 24.9 Å². The zero-order valence-corrected chi connectivity index (χ0v) is 9.68. The van der Waals surface area contributed by atoms with Crippen LogP contribution in [0.1, 0.15) is 6.42 Å². The van der Waals surface area contributed by atoms with Gasteiger partial charge in [-0.05, 0) is 29.9 Å². The van der Waals surface area contributed by atoms with Crippen LogP contribution in [-0.4, -0.2) is 35.1 Å². The van der Waals surface area contributed by atoms with Gasteiger partial charge in [-0.1, -0.05) is 0 Å². The molecular weight excluding hydrogens is 208 g/mol. The number of nitrogens with one attached hydrogen (secondary N) is 2. The van der Waals surface area contributed by atoms with Crippen LogP contribution in [-0.2, 0) is 0 Å². The van der Waals surface area contributed by atoms with E-state index in [1.165, 1.54) is 17.9 Å². The Labute approximate surface area is 94.3 Å². The third kappa shape index (κ3) is 2.99. The van der Waals surface area contributed by atoms with Crippen LogP contribution in [0.5, 0.6) is 0 Å². The van der Waals surface area contributed by atoms with Crippen molar-refractivity contribution in [2.45, 2.75) is 6.42 Å². The van der Waals surface area contributed by atoms with E-state index >= 15 is 0 Å². The summed E-state index contributed by atoms with van der Waals surface area (Å²) in [6.07, 6.45) is 3.09. The van der Waals surface area contributed by atoms with Crippen LogP contribution in [0.3, 0.4) is 0 Å². The fourth-order valence-corrected chi connectivity index (χ4v) is 2.86. The third-order valence-corrected chi connectivity index (χ3v) is 3.71. The summed E-state index contributed by atoms with van der Waals surface area (Å²) in [6.45, 7) is 1.02. The Morgan fingerprint density at radius 1 is 1.60 bits per heavy atom. The zero-order chi connectivity index (χ0) is 10.5. The maximum Gasteiger partial charge on any atom is 0.224 e. The fourth-order valence-electron chi connectivity index (χ4n) is 1.57. The van der Waals surface area contributed by atoms with Crippen LogP contribution in [0.15, 0.2) is 12.3 Å². The van der Waals surface area contributed by atoms with Crippen LogP contribution >= 0.6 is 11.8 Å². The van der Waals surface area contributed by atoms with Gasteiger partial charge in [-0.15, -0.1) is 0 Å². The molecular formula is C10H16N4S. The first-order valence-electron chi connectivity index (χ1n) is 5.21. The summed E-state index contributed by atoms with van der Waals surface area (Å²) in [6, 6.07) is 1.91. The van der Waals surface area contributed by atoms with Crippen LogP contribution in [0, 0.1) is 5.92 Å². The molecule has 2 N–H and O–H groups in total. The highest BCUT2D eigenvalue weighted by atomic mass is 32.2. The second kappa shape index (κ2) is 5.21. The monoisotopic (exact) mass is 224 g/mol. The molecule has 1 aliphatic rings. The molecule has 1 aliphatic heterocycles. The average Bonchev–Trinajstić information content (AvgIpc) is 2.79. The van der Waals surface area contributed by atoms with Crippen molar-refractivity contribution >= 4 is 23.5 Å². The Morgan fingerprint density at radius 2 is 2.53 bits per heavy atom. The van der Waals surface area contributed by atoms with Gasteiger partial charge in [-0.3, -0.25) is 0 Å². The summed E-state index contributed by atoms with van der Waals surface area (Å²) < 4.78 is 0. The van der Waals surface area contributed by atoms with Crippen molar-refractivity contribution in [2.75, 3.05) is 35.7 Å². The summed E-state index contributed by atoms with van der Waals surface area (Å²) in [7, 11) is 1.83. The van der Waals surface area contributed by atoms with Gasteiger partial charge in [-0.25, -0.2) is 4.98 Å². The van der Waals surface area contributed by atoms with E-state index in [4.69, 9.17) is 0 Å². The van der Waals surface area contributed by atoms with E-state index in [9.17, 15) is 0 Å². The first-order valence-corrected chi connectivity index (χ1v) is 6.36. The molecule has 0 bridgehead atoms. The predicted molar refractivity (Wildman–Crippen MR) is 65.5 cm³/mol. The van der Waals surface area contributed by atoms with Crippen LogP contribution in [0.4, 0.5) is 11.8 Å². The molecule has 1 saturated heterocycles. The average molecular weight is 224 g/mol. The molecule has 1 aromatic rings. The van der Waals surface area contributed by atoms with Gasteiger partial charge >= 0.3 is 0 Å². The van der Waals surface area contributed by atoms with Crippen molar-refractivity contribution in [3.63, 3.8) is 0 Å². The maximum absolute atomic E-state index is 4.31. The molecule has 1 unspecified atom stereocenters. The van der Waals surface area contributed by atoms with E-state index in [1.54, 1.807) is 6.20 Å². The summed E-state index contributed by atoms with van der Waals surface area (Å²) in [5, 5.41) is 6.29. The number of anilines is 2. The summed E-state index contributed by atoms with van der Waals surface area (Å²) in [4.78, 5) is 8.38. The Bertz CT molecular complexity index is 312. The summed E-state index contributed by atoms with van der Waals surface area (Å²) in [5.74, 6) is 4.95. The molecule has 1 fully saturated rings. The third-order valence-electron chi connectivity index (χ3n) is 2.48. The van der Waals surface area contributed by atoms with Crippen molar-refractivity contribution < 1.29 is 0 Å². The van der Waals surface area contributed by atoms with Crippen molar-refractivity contribution in [1.29, 1.82) is 0 Å². The number of rotatable bonds is 4. The van der Waals surface area contributed by atoms with E-state index in [2.05, 4.69) is 20.6 Å². The van der Waals surface area contributed by atoms with E-state index in [-0.39, 0.29) is 0 Å². The van der Waals surface area contributed by atoms with Gasteiger partial charge in [0.05, 0.1) is 0 Å². The molecule has 15 heavy (non-hydrogen) atoms. The molecule has 2 rings (SSSR count).